The maximum Gasteiger partial charge on any atom is 0.185 e. The molecule has 0 radical (unpaired) electrons. The van der Waals surface area contributed by atoms with E-state index >= 15 is 0 Å². The molecule has 1 N–H and O–H groups in total. The third-order valence-electron chi connectivity index (χ3n) is 3.88. The van der Waals surface area contributed by atoms with Crippen molar-refractivity contribution in [3.63, 3.8) is 0 Å². The highest BCUT2D eigenvalue weighted by Crippen LogP contribution is 2.40. The van der Waals surface area contributed by atoms with E-state index < -0.39 is 0 Å². The lowest BCUT2D eigenvalue weighted by Crippen LogP contribution is -2.33. The zero-order chi connectivity index (χ0) is 12.8. The predicted octanol–water partition coefficient (Wildman–Crippen LogP) is 1.80. The van der Waals surface area contributed by atoms with Crippen LogP contribution in [0.2, 0.25) is 0 Å². The molecule has 4 rings (SSSR count). The average molecular weight is 276 g/mol. The van der Waals surface area contributed by atoms with Gasteiger partial charge in [-0.2, -0.15) is 5.10 Å². The summed E-state index contributed by atoms with van der Waals surface area (Å²) >= 11 is 1.67. The summed E-state index contributed by atoms with van der Waals surface area (Å²) < 4.78 is 2.03. The molecule has 0 spiro atoms. The normalized spacial score (nSPS) is 20.4. The molecule has 0 bridgehead atoms. The van der Waals surface area contributed by atoms with Gasteiger partial charge in [0.15, 0.2) is 5.13 Å². The number of hydrogen-bond donors (Lipinski definition) is 1. The number of thiazole rings is 1. The van der Waals surface area contributed by atoms with Crippen molar-refractivity contribution in [3.05, 3.63) is 29.0 Å². The molecule has 100 valence electrons. The van der Waals surface area contributed by atoms with E-state index in [1.165, 1.54) is 5.69 Å². The molecule has 1 aliphatic carbocycles. The van der Waals surface area contributed by atoms with E-state index in [0.29, 0.717) is 5.92 Å². The first kappa shape index (κ1) is 11.4. The summed E-state index contributed by atoms with van der Waals surface area (Å²) in [4.78, 5) is 6.63. The number of rotatable bonds is 3. The average Bonchev–Trinajstić information content (AvgIpc) is 2.98. The maximum absolute atomic E-state index is 10.2. The van der Waals surface area contributed by atoms with Crippen molar-refractivity contribution < 1.29 is 5.11 Å². The van der Waals surface area contributed by atoms with E-state index in [-0.39, 0.29) is 6.10 Å². The Hall–Kier alpha value is -1.40. The van der Waals surface area contributed by atoms with Crippen molar-refractivity contribution in [2.75, 3.05) is 11.4 Å². The third kappa shape index (κ3) is 2.04. The van der Waals surface area contributed by atoms with E-state index in [1.807, 2.05) is 16.3 Å². The Morgan fingerprint density at radius 1 is 1.37 bits per heavy atom. The van der Waals surface area contributed by atoms with Crippen molar-refractivity contribution in [1.29, 1.82) is 0 Å². The second kappa shape index (κ2) is 4.31. The minimum absolute atomic E-state index is 0.369. The van der Waals surface area contributed by atoms with Crippen molar-refractivity contribution in [3.8, 4) is 0 Å². The lowest BCUT2D eigenvalue weighted by Gasteiger charge is -2.26. The van der Waals surface area contributed by atoms with Crippen LogP contribution in [-0.2, 0) is 13.1 Å². The van der Waals surface area contributed by atoms with Crippen LogP contribution in [0.1, 0.15) is 30.3 Å². The minimum atomic E-state index is -0.369. The van der Waals surface area contributed by atoms with Crippen LogP contribution in [0, 0.1) is 5.92 Å². The summed E-state index contributed by atoms with van der Waals surface area (Å²) in [6, 6.07) is 2.06. The quantitative estimate of drug-likeness (QED) is 0.929. The fourth-order valence-corrected chi connectivity index (χ4v) is 3.29. The highest BCUT2D eigenvalue weighted by Gasteiger charge is 2.33. The Kier molecular flexibility index (Phi) is 2.60. The van der Waals surface area contributed by atoms with Crippen molar-refractivity contribution in [1.82, 2.24) is 14.8 Å². The van der Waals surface area contributed by atoms with Crippen LogP contribution in [0.15, 0.2) is 17.6 Å². The summed E-state index contributed by atoms with van der Waals surface area (Å²) in [7, 11) is 0. The molecular formula is C13H16N4OS. The number of aliphatic hydroxyl groups excluding tert-OH is 1. The molecule has 1 fully saturated rings. The van der Waals surface area contributed by atoms with Crippen molar-refractivity contribution in [2.45, 2.75) is 32.0 Å². The lowest BCUT2D eigenvalue weighted by atomic mass is 10.1. The molecule has 1 atom stereocenters. The molecule has 1 aliphatic heterocycles. The van der Waals surface area contributed by atoms with Crippen LogP contribution in [0.25, 0.3) is 0 Å². The molecule has 6 heteroatoms. The van der Waals surface area contributed by atoms with E-state index in [0.717, 1.165) is 43.3 Å². The van der Waals surface area contributed by atoms with Crippen molar-refractivity contribution in [2.24, 2.45) is 5.92 Å². The van der Waals surface area contributed by atoms with Crippen LogP contribution in [0.3, 0.4) is 0 Å². The third-order valence-corrected chi connectivity index (χ3v) is 4.71. The SMILES string of the molecule is OC(c1cc2n(n1)CCN(c1nccs1)C2)C1CC1. The highest BCUT2D eigenvalue weighted by atomic mass is 32.1. The number of nitrogens with zero attached hydrogens (tertiary/aromatic N) is 4. The van der Waals surface area contributed by atoms with Gasteiger partial charge in [-0.3, -0.25) is 4.68 Å². The van der Waals surface area contributed by atoms with Crippen molar-refractivity contribution >= 4 is 16.5 Å². The second-order valence-electron chi connectivity index (χ2n) is 5.30. The molecule has 19 heavy (non-hydrogen) atoms. The fourth-order valence-electron chi connectivity index (χ4n) is 2.62. The molecule has 0 amide bonds. The maximum atomic E-state index is 10.2. The summed E-state index contributed by atoms with van der Waals surface area (Å²) in [6.45, 7) is 2.63. The van der Waals surface area contributed by atoms with Crippen LogP contribution in [0.5, 0.6) is 0 Å². The van der Waals surface area contributed by atoms with E-state index in [4.69, 9.17) is 0 Å². The van der Waals surface area contributed by atoms with E-state index in [1.54, 1.807) is 11.3 Å². The largest absolute Gasteiger partial charge is 0.386 e. The van der Waals surface area contributed by atoms with Gasteiger partial charge in [-0.15, -0.1) is 11.3 Å². The number of aliphatic hydroxyl groups is 1. The predicted molar refractivity (Wildman–Crippen MR) is 73.1 cm³/mol. The van der Waals surface area contributed by atoms with Crippen LogP contribution >= 0.6 is 11.3 Å². The molecule has 5 nitrogen and oxygen atoms in total. The Labute approximate surface area is 115 Å². The lowest BCUT2D eigenvalue weighted by molar-refractivity contribution is 0.148. The standard InChI is InChI=1S/C13H16N4OS/c18-12(9-1-2-9)11-7-10-8-16(4-5-17(10)15-11)13-14-3-6-19-13/h3,6-7,9,12,18H,1-2,4-5,8H2. The first-order valence-corrected chi connectivity index (χ1v) is 7.58. The number of aromatic nitrogens is 3. The number of hydrogen-bond acceptors (Lipinski definition) is 5. The first-order valence-electron chi connectivity index (χ1n) is 6.70. The topological polar surface area (TPSA) is 54.2 Å². The minimum Gasteiger partial charge on any atom is -0.386 e. The molecule has 0 aromatic carbocycles. The van der Waals surface area contributed by atoms with Crippen LogP contribution in [-0.4, -0.2) is 26.4 Å². The first-order chi connectivity index (χ1) is 9.31. The Morgan fingerprint density at radius 2 is 2.26 bits per heavy atom. The Balaban J connectivity index is 1.57. The molecule has 2 aromatic heterocycles. The summed E-state index contributed by atoms with van der Waals surface area (Å²) in [5.74, 6) is 0.437. The molecule has 1 saturated carbocycles. The zero-order valence-corrected chi connectivity index (χ0v) is 11.4. The second-order valence-corrected chi connectivity index (χ2v) is 6.18. The van der Waals surface area contributed by atoms with E-state index in [9.17, 15) is 5.11 Å². The van der Waals surface area contributed by atoms with Crippen LogP contribution in [0.4, 0.5) is 5.13 Å². The number of fused-ring (bicyclic) bond motifs is 1. The molecular weight excluding hydrogens is 260 g/mol. The van der Waals surface area contributed by atoms with Crippen LogP contribution < -0.4 is 4.90 Å². The van der Waals surface area contributed by atoms with Gasteiger partial charge in [0.25, 0.3) is 0 Å². The van der Waals surface area contributed by atoms with Gasteiger partial charge in [-0.1, -0.05) is 0 Å². The summed E-state index contributed by atoms with van der Waals surface area (Å²) in [5.41, 5.74) is 2.02. The van der Waals surface area contributed by atoms with Gasteiger partial charge in [-0.25, -0.2) is 4.98 Å². The molecule has 2 aliphatic rings. The number of anilines is 1. The van der Waals surface area contributed by atoms with Gasteiger partial charge >= 0.3 is 0 Å². The Morgan fingerprint density at radius 3 is 3.00 bits per heavy atom. The smallest absolute Gasteiger partial charge is 0.185 e. The van der Waals surface area contributed by atoms with Gasteiger partial charge in [-0.05, 0) is 24.8 Å². The van der Waals surface area contributed by atoms with Gasteiger partial charge < -0.3 is 10.0 Å². The summed E-state index contributed by atoms with van der Waals surface area (Å²) in [5, 5.41) is 17.8. The molecule has 3 heterocycles. The zero-order valence-electron chi connectivity index (χ0n) is 10.6. The molecule has 2 aromatic rings. The fraction of sp³-hybridized carbons (Fsp3) is 0.538. The molecule has 0 saturated heterocycles. The monoisotopic (exact) mass is 276 g/mol. The Bertz CT molecular complexity index is 575. The molecule has 1 unspecified atom stereocenters. The van der Waals surface area contributed by atoms with Gasteiger partial charge in [0.2, 0.25) is 0 Å². The van der Waals surface area contributed by atoms with Gasteiger partial charge in [0.05, 0.1) is 24.5 Å². The summed E-state index contributed by atoms with van der Waals surface area (Å²) in [6.07, 6.45) is 3.74. The van der Waals surface area contributed by atoms with Gasteiger partial charge in [0, 0.05) is 18.1 Å². The van der Waals surface area contributed by atoms with Gasteiger partial charge in [0.1, 0.15) is 6.10 Å². The highest BCUT2D eigenvalue weighted by molar-refractivity contribution is 7.13. The van der Waals surface area contributed by atoms with E-state index in [2.05, 4.69) is 21.0 Å².